The predicted octanol–water partition coefficient (Wildman–Crippen LogP) is 2.39. The van der Waals surface area contributed by atoms with E-state index in [1.807, 2.05) is 32.0 Å². The Morgan fingerprint density at radius 3 is 2.61 bits per heavy atom. The van der Waals surface area contributed by atoms with Gasteiger partial charge >= 0.3 is 0 Å². The van der Waals surface area contributed by atoms with E-state index < -0.39 is 5.91 Å². The van der Waals surface area contributed by atoms with Crippen LogP contribution in [0.15, 0.2) is 35.7 Å². The average molecular weight is 403 g/mol. The molecule has 2 heterocycles. The lowest BCUT2D eigenvalue weighted by atomic mass is 10.2. The van der Waals surface area contributed by atoms with Crippen molar-refractivity contribution in [3.05, 3.63) is 41.3 Å². The molecule has 0 unspecified atom stereocenters. The third kappa shape index (κ3) is 4.45. The van der Waals surface area contributed by atoms with E-state index in [0.29, 0.717) is 17.2 Å². The first kappa shape index (κ1) is 20.2. The second-order valence-electron chi connectivity index (χ2n) is 6.62. The lowest BCUT2D eigenvalue weighted by Gasteiger charge is -2.38. The van der Waals surface area contributed by atoms with Crippen LogP contribution in [-0.2, 0) is 4.79 Å². The van der Waals surface area contributed by atoms with Crippen molar-refractivity contribution in [2.24, 2.45) is 5.73 Å². The Hall–Kier alpha value is -2.58. The van der Waals surface area contributed by atoms with Gasteiger partial charge in [0, 0.05) is 26.2 Å². The Kier molecular flexibility index (Phi) is 6.53. The van der Waals surface area contributed by atoms with Crippen LogP contribution in [0.1, 0.15) is 24.2 Å². The second-order valence-corrected chi connectivity index (χ2v) is 7.53. The number of hydrogen-bond acceptors (Lipinski definition) is 6. The lowest BCUT2D eigenvalue weighted by molar-refractivity contribution is -0.120. The molecule has 1 saturated heterocycles. The summed E-state index contributed by atoms with van der Waals surface area (Å²) in [6.45, 7) is 7.65. The first-order valence-electron chi connectivity index (χ1n) is 9.40. The van der Waals surface area contributed by atoms with Crippen LogP contribution in [0.25, 0.3) is 0 Å². The minimum Gasteiger partial charge on any atom is -0.492 e. The van der Waals surface area contributed by atoms with Crippen LogP contribution in [0.5, 0.6) is 5.75 Å². The number of primary amides is 1. The monoisotopic (exact) mass is 402 g/mol. The molecule has 2 amide bonds. The number of rotatable bonds is 7. The van der Waals surface area contributed by atoms with E-state index in [0.717, 1.165) is 37.6 Å². The molecule has 0 radical (unpaired) electrons. The molecule has 3 rings (SSSR count). The van der Waals surface area contributed by atoms with E-state index in [9.17, 15) is 9.59 Å². The lowest BCUT2D eigenvalue weighted by Crippen LogP contribution is -2.52. The summed E-state index contributed by atoms with van der Waals surface area (Å²) in [6.07, 6.45) is 0. The van der Waals surface area contributed by atoms with E-state index in [-0.39, 0.29) is 11.9 Å². The minimum atomic E-state index is -0.536. The summed E-state index contributed by atoms with van der Waals surface area (Å²) in [4.78, 5) is 28.5. The summed E-state index contributed by atoms with van der Waals surface area (Å²) in [5.41, 5.74) is 6.79. The molecular formula is C20H26N4O3S. The number of piperazine rings is 1. The number of amides is 2. The molecule has 2 aromatic rings. The molecular weight excluding hydrogens is 376 g/mol. The maximum atomic E-state index is 12.6. The van der Waals surface area contributed by atoms with E-state index in [1.165, 1.54) is 11.3 Å². The van der Waals surface area contributed by atoms with E-state index in [4.69, 9.17) is 10.5 Å². The zero-order valence-corrected chi connectivity index (χ0v) is 17.0. The summed E-state index contributed by atoms with van der Waals surface area (Å²) in [6, 6.07) is 9.37. The number of hydrogen-bond donors (Lipinski definition) is 2. The van der Waals surface area contributed by atoms with Crippen LogP contribution >= 0.6 is 11.3 Å². The van der Waals surface area contributed by atoms with Gasteiger partial charge in [-0.1, -0.05) is 12.1 Å². The zero-order valence-electron chi connectivity index (χ0n) is 16.2. The fourth-order valence-electron chi connectivity index (χ4n) is 3.33. The normalized spacial score (nSPS) is 15.9. The van der Waals surface area contributed by atoms with Gasteiger partial charge in [-0.05, 0) is 37.4 Å². The van der Waals surface area contributed by atoms with Crippen molar-refractivity contribution in [1.29, 1.82) is 0 Å². The van der Waals surface area contributed by atoms with Crippen LogP contribution in [0, 0.1) is 0 Å². The topological polar surface area (TPSA) is 87.9 Å². The molecule has 28 heavy (non-hydrogen) atoms. The van der Waals surface area contributed by atoms with Crippen molar-refractivity contribution in [2.45, 2.75) is 19.9 Å². The maximum absolute atomic E-state index is 12.6. The number of para-hydroxylation sites is 2. The SMILES string of the molecule is CCOc1ccccc1N1CCN([C@H](C)C(=O)Nc2sccc2C(N)=O)CC1. The summed E-state index contributed by atoms with van der Waals surface area (Å²) in [5.74, 6) is 0.222. The molecule has 0 bridgehead atoms. The third-order valence-corrected chi connectivity index (χ3v) is 5.74. The van der Waals surface area contributed by atoms with Crippen molar-refractivity contribution >= 4 is 33.8 Å². The number of carbonyl (C=O) groups is 2. The summed E-state index contributed by atoms with van der Waals surface area (Å²) in [5, 5.41) is 5.09. The van der Waals surface area contributed by atoms with Gasteiger partial charge in [-0.2, -0.15) is 0 Å². The number of ether oxygens (including phenoxy) is 1. The Bertz CT molecular complexity index is 830. The number of thiophene rings is 1. The quantitative estimate of drug-likeness (QED) is 0.743. The number of carbonyl (C=O) groups excluding carboxylic acids is 2. The summed E-state index contributed by atoms with van der Waals surface area (Å²) < 4.78 is 5.74. The summed E-state index contributed by atoms with van der Waals surface area (Å²) >= 11 is 1.30. The van der Waals surface area contributed by atoms with Crippen LogP contribution in [0.4, 0.5) is 10.7 Å². The van der Waals surface area contributed by atoms with E-state index >= 15 is 0 Å². The molecule has 1 atom stereocenters. The van der Waals surface area contributed by atoms with Crippen LogP contribution in [0.2, 0.25) is 0 Å². The number of nitrogens with zero attached hydrogens (tertiary/aromatic N) is 2. The van der Waals surface area contributed by atoms with E-state index in [1.54, 1.807) is 11.4 Å². The van der Waals surface area contributed by atoms with Crippen LogP contribution in [0.3, 0.4) is 0 Å². The highest BCUT2D eigenvalue weighted by Gasteiger charge is 2.27. The van der Waals surface area contributed by atoms with Gasteiger partial charge in [0.15, 0.2) is 0 Å². The van der Waals surface area contributed by atoms with Gasteiger partial charge in [0.05, 0.1) is 23.9 Å². The molecule has 1 aliphatic rings. The number of anilines is 2. The standard InChI is InChI=1S/C20H26N4O3S/c1-3-27-17-7-5-4-6-16(17)24-11-9-23(10-12-24)14(2)19(26)22-20-15(18(21)25)8-13-28-20/h4-8,13-14H,3,9-12H2,1-2H3,(H2,21,25)(H,22,26)/t14-/m1/s1. The molecule has 1 fully saturated rings. The number of nitrogens with two attached hydrogens (primary N) is 1. The van der Waals surface area contributed by atoms with Crippen molar-refractivity contribution in [1.82, 2.24) is 4.90 Å². The maximum Gasteiger partial charge on any atom is 0.251 e. The molecule has 0 aliphatic carbocycles. The van der Waals surface area contributed by atoms with E-state index in [2.05, 4.69) is 21.2 Å². The van der Waals surface area contributed by atoms with Crippen molar-refractivity contribution in [3.63, 3.8) is 0 Å². The number of nitrogens with one attached hydrogen (secondary N) is 1. The molecule has 0 saturated carbocycles. The van der Waals surface area contributed by atoms with Crippen LogP contribution in [-0.4, -0.2) is 55.5 Å². The first-order valence-corrected chi connectivity index (χ1v) is 10.3. The van der Waals surface area contributed by atoms with Gasteiger partial charge < -0.3 is 20.7 Å². The Morgan fingerprint density at radius 1 is 1.21 bits per heavy atom. The van der Waals surface area contributed by atoms with Crippen LogP contribution < -0.4 is 20.7 Å². The van der Waals surface area contributed by atoms with Gasteiger partial charge in [0.2, 0.25) is 5.91 Å². The molecule has 1 aliphatic heterocycles. The molecule has 3 N–H and O–H groups in total. The molecule has 150 valence electrons. The largest absolute Gasteiger partial charge is 0.492 e. The summed E-state index contributed by atoms with van der Waals surface area (Å²) in [7, 11) is 0. The fourth-order valence-corrected chi connectivity index (χ4v) is 4.12. The minimum absolute atomic E-state index is 0.131. The zero-order chi connectivity index (χ0) is 20.1. The predicted molar refractivity (Wildman–Crippen MR) is 112 cm³/mol. The molecule has 1 aromatic heterocycles. The molecule has 1 aromatic carbocycles. The average Bonchev–Trinajstić information content (AvgIpc) is 3.17. The Morgan fingerprint density at radius 2 is 1.93 bits per heavy atom. The fraction of sp³-hybridized carbons (Fsp3) is 0.400. The molecule has 7 nitrogen and oxygen atoms in total. The van der Waals surface area contributed by atoms with Gasteiger partial charge in [-0.3, -0.25) is 14.5 Å². The number of benzene rings is 1. The highest BCUT2D eigenvalue weighted by molar-refractivity contribution is 7.14. The Labute approximate surface area is 169 Å². The van der Waals surface area contributed by atoms with Gasteiger partial charge in [-0.25, -0.2) is 0 Å². The third-order valence-electron chi connectivity index (χ3n) is 4.91. The van der Waals surface area contributed by atoms with Gasteiger partial charge in [-0.15, -0.1) is 11.3 Å². The van der Waals surface area contributed by atoms with Gasteiger partial charge in [0.25, 0.3) is 5.91 Å². The molecule has 0 spiro atoms. The Balaban J connectivity index is 1.59. The first-order chi connectivity index (χ1) is 13.5. The second kappa shape index (κ2) is 9.07. The highest BCUT2D eigenvalue weighted by atomic mass is 32.1. The van der Waals surface area contributed by atoms with Crippen molar-refractivity contribution < 1.29 is 14.3 Å². The van der Waals surface area contributed by atoms with Crippen molar-refractivity contribution in [2.75, 3.05) is 43.0 Å². The highest BCUT2D eigenvalue weighted by Crippen LogP contribution is 2.29. The smallest absolute Gasteiger partial charge is 0.251 e. The van der Waals surface area contributed by atoms with Gasteiger partial charge in [0.1, 0.15) is 10.8 Å². The van der Waals surface area contributed by atoms with Crippen molar-refractivity contribution in [3.8, 4) is 5.75 Å². The molecule has 8 heteroatoms.